The van der Waals surface area contributed by atoms with Crippen molar-refractivity contribution in [1.29, 1.82) is 0 Å². The van der Waals surface area contributed by atoms with E-state index >= 15 is 0 Å². The highest BCUT2D eigenvalue weighted by Crippen LogP contribution is 2.31. The van der Waals surface area contributed by atoms with Crippen LogP contribution in [0.3, 0.4) is 0 Å². The minimum atomic E-state index is -0.0729. The molecule has 0 aliphatic carbocycles. The Balaban J connectivity index is 1.47. The SMILES string of the molecule is O=C(c1ccc(CSc2ncn[nH]2)o1)N1CCCC[C@@H]1c1ccccn1. The van der Waals surface area contributed by atoms with Gasteiger partial charge in [0, 0.05) is 12.7 Å². The van der Waals surface area contributed by atoms with Crippen molar-refractivity contribution < 1.29 is 9.21 Å². The van der Waals surface area contributed by atoms with Crippen LogP contribution in [0.15, 0.2) is 52.4 Å². The molecule has 0 unspecified atom stereocenters. The molecule has 8 heteroatoms. The summed E-state index contributed by atoms with van der Waals surface area (Å²) < 4.78 is 5.79. The number of aromatic amines is 1. The van der Waals surface area contributed by atoms with Gasteiger partial charge in [-0.25, -0.2) is 4.98 Å². The van der Waals surface area contributed by atoms with Crippen molar-refractivity contribution in [3.05, 3.63) is 60.1 Å². The summed E-state index contributed by atoms with van der Waals surface area (Å²) >= 11 is 1.48. The monoisotopic (exact) mass is 369 g/mol. The van der Waals surface area contributed by atoms with Crippen LogP contribution in [0.1, 0.15) is 47.3 Å². The van der Waals surface area contributed by atoms with Gasteiger partial charge in [-0.15, -0.1) is 0 Å². The van der Waals surface area contributed by atoms with Crippen molar-refractivity contribution in [2.45, 2.75) is 36.2 Å². The van der Waals surface area contributed by atoms with Gasteiger partial charge in [0.05, 0.1) is 17.5 Å². The van der Waals surface area contributed by atoms with Crippen molar-refractivity contribution in [2.75, 3.05) is 6.54 Å². The molecule has 3 aromatic rings. The third-order valence-corrected chi connectivity index (χ3v) is 5.31. The maximum Gasteiger partial charge on any atom is 0.290 e. The number of thioether (sulfide) groups is 1. The number of amides is 1. The average Bonchev–Trinajstić information content (AvgIpc) is 3.38. The van der Waals surface area contributed by atoms with E-state index in [0.717, 1.165) is 42.4 Å². The lowest BCUT2D eigenvalue weighted by Crippen LogP contribution is -2.38. The van der Waals surface area contributed by atoms with Gasteiger partial charge in [-0.3, -0.25) is 14.9 Å². The lowest BCUT2D eigenvalue weighted by atomic mass is 9.98. The van der Waals surface area contributed by atoms with E-state index in [0.29, 0.717) is 11.5 Å². The molecule has 0 radical (unpaired) electrons. The molecule has 7 nitrogen and oxygen atoms in total. The van der Waals surface area contributed by atoms with E-state index in [2.05, 4.69) is 20.2 Å². The number of aromatic nitrogens is 4. The van der Waals surface area contributed by atoms with Gasteiger partial charge in [-0.05, 0) is 43.5 Å². The Labute approximate surface area is 155 Å². The number of hydrogen-bond donors (Lipinski definition) is 1. The van der Waals surface area contributed by atoms with Crippen LogP contribution in [0.4, 0.5) is 0 Å². The number of H-pyrrole nitrogens is 1. The van der Waals surface area contributed by atoms with Crippen LogP contribution in [-0.2, 0) is 5.75 Å². The van der Waals surface area contributed by atoms with E-state index < -0.39 is 0 Å². The predicted molar refractivity (Wildman–Crippen MR) is 96.5 cm³/mol. The Kier molecular flexibility index (Phi) is 5.01. The third kappa shape index (κ3) is 3.65. The summed E-state index contributed by atoms with van der Waals surface area (Å²) in [6.07, 6.45) is 6.27. The van der Waals surface area contributed by atoms with Crippen LogP contribution >= 0.6 is 11.8 Å². The minimum absolute atomic E-state index is 0.00886. The summed E-state index contributed by atoms with van der Waals surface area (Å²) in [5.41, 5.74) is 0.938. The smallest absolute Gasteiger partial charge is 0.290 e. The van der Waals surface area contributed by atoms with Gasteiger partial charge in [0.2, 0.25) is 0 Å². The standard InChI is InChI=1S/C18H19N5O2S/c24-17(16-8-7-13(25-16)11-26-18-20-12-21-22-18)23-10-4-2-6-15(23)14-5-1-3-9-19-14/h1,3,5,7-9,12,15H,2,4,6,10-11H2,(H,20,21,22)/t15-/m1/s1. The van der Waals surface area contributed by atoms with Gasteiger partial charge in [-0.1, -0.05) is 17.8 Å². The fourth-order valence-corrected chi connectivity index (χ4v) is 3.84. The summed E-state index contributed by atoms with van der Waals surface area (Å²) in [7, 11) is 0. The maximum atomic E-state index is 13.0. The van der Waals surface area contributed by atoms with Gasteiger partial charge in [0.15, 0.2) is 10.9 Å². The number of carbonyl (C=O) groups excluding carboxylic acids is 1. The molecule has 0 aromatic carbocycles. The molecule has 0 bridgehead atoms. The van der Waals surface area contributed by atoms with Crippen molar-refractivity contribution >= 4 is 17.7 Å². The first-order valence-electron chi connectivity index (χ1n) is 8.60. The lowest BCUT2D eigenvalue weighted by molar-refractivity contribution is 0.0572. The first-order chi connectivity index (χ1) is 12.8. The Morgan fingerprint density at radius 1 is 1.27 bits per heavy atom. The van der Waals surface area contributed by atoms with Gasteiger partial charge < -0.3 is 9.32 Å². The molecule has 1 saturated heterocycles. The minimum Gasteiger partial charge on any atom is -0.455 e. The number of pyridine rings is 1. The molecule has 4 rings (SSSR count). The van der Waals surface area contributed by atoms with Crippen LogP contribution in [0, 0.1) is 0 Å². The van der Waals surface area contributed by atoms with E-state index in [1.54, 1.807) is 12.3 Å². The highest BCUT2D eigenvalue weighted by Gasteiger charge is 2.31. The van der Waals surface area contributed by atoms with Gasteiger partial charge in [0.1, 0.15) is 12.1 Å². The zero-order valence-corrected chi connectivity index (χ0v) is 15.0. The highest BCUT2D eigenvalue weighted by atomic mass is 32.2. The number of piperidine rings is 1. The number of furan rings is 1. The van der Waals surface area contributed by atoms with E-state index in [4.69, 9.17) is 4.42 Å². The number of nitrogens with one attached hydrogen (secondary N) is 1. The summed E-state index contributed by atoms with van der Waals surface area (Å²) in [5, 5.41) is 7.33. The summed E-state index contributed by atoms with van der Waals surface area (Å²) in [4.78, 5) is 23.4. The highest BCUT2D eigenvalue weighted by molar-refractivity contribution is 7.98. The summed E-state index contributed by atoms with van der Waals surface area (Å²) in [5.74, 6) is 1.63. The zero-order chi connectivity index (χ0) is 17.8. The van der Waals surface area contributed by atoms with Gasteiger partial charge in [0.25, 0.3) is 5.91 Å². The Morgan fingerprint density at radius 3 is 3.04 bits per heavy atom. The molecule has 1 aliphatic rings. The molecule has 134 valence electrons. The first kappa shape index (κ1) is 16.8. The molecule has 1 fully saturated rings. The molecule has 4 heterocycles. The normalized spacial score (nSPS) is 17.4. The van der Waals surface area contributed by atoms with Crippen molar-refractivity contribution in [1.82, 2.24) is 25.1 Å². The molecule has 3 aromatic heterocycles. The average molecular weight is 369 g/mol. The largest absolute Gasteiger partial charge is 0.455 e. The molecule has 0 saturated carbocycles. The second kappa shape index (κ2) is 7.74. The number of carbonyl (C=O) groups is 1. The molecular formula is C18H19N5O2S. The first-order valence-corrected chi connectivity index (χ1v) is 9.58. The molecule has 1 atom stereocenters. The van der Waals surface area contributed by atoms with Crippen molar-refractivity contribution in [3.63, 3.8) is 0 Å². The van der Waals surface area contributed by atoms with E-state index in [9.17, 15) is 4.79 Å². The Bertz CT molecular complexity index is 850. The van der Waals surface area contributed by atoms with Crippen LogP contribution in [0.25, 0.3) is 0 Å². The fourth-order valence-electron chi connectivity index (χ4n) is 3.17. The van der Waals surface area contributed by atoms with Crippen molar-refractivity contribution in [2.24, 2.45) is 0 Å². The summed E-state index contributed by atoms with van der Waals surface area (Å²) in [6.45, 7) is 0.725. The second-order valence-electron chi connectivity index (χ2n) is 6.11. The maximum absolute atomic E-state index is 13.0. The van der Waals surface area contributed by atoms with E-state index in [1.807, 2.05) is 29.2 Å². The lowest BCUT2D eigenvalue weighted by Gasteiger charge is -2.34. The number of likely N-dealkylation sites (tertiary alicyclic amines) is 1. The molecule has 1 amide bonds. The number of hydrogen-bond acceptors (Lipinski definition) is 6. The molecule has 1 N–H and O–H groups in total. The number of nitrogens with zero attached hydrogens (tertiary/aromatic N) is 4. The molecule has 26 heavy (non-hydrogen) atoms. The predicted octanol–water partition coefficient (Wildman–Crippen LogP) is 3.45. The van der Waals surface area contributed by atoms with Gasteiger partial charge >= 0.3 is 0 Å². The third-order valence-electron chi connectivity index (χ3n) is 4.41. The zero-order valence-electron chi connectivity index (χ0n) is 14.2. The molecule has 1 aliphatic heterocycles. The van der Waals surface area contributed by atoms with Crippen LogP contribution in [0.2, 0.25) is 0 Å². The summed E-state index contributed by atoms with van der Waals surface area (Å²) in [6, 6.07) is 9.45. The second-order valence-corrected chi connectivity index (χ2v) is 7.07. The quantitative estimate of drug-likeness (QED) is 0.693. The molecule has 0 spiro atoms. The topological polar surface area (TPSA) is 87.9 Å². The molecular weight excluding hydrogens is 350 g/mol. The van der Waals surface area contributed by atoms with E-state index in [1.165, 1.54) is 18.1 Å². The Morgan fingerprint density at radius 2 is 2.23 bits per heavy atom. The van der Waals surface area contributed by atoms with Crippen molar-refractivity contribution in [3.8, 4) is 0 Å². The van der Waals surface area contributed by atoms with Crippen LogP contribution in [0.5, 0.6) is 0 Å². The van der Waals surface area contributed by atoms with Crippen LogP contribution in [-0.4, -0.2) is 37.5 Å². The number of rotatable bonds is 5. The van der Waals surface area contributed by atoms with Crippen LogP contribution < -0.4 is 0 Å². The fraction of sp³-hybridized carbons (Fsp3) is 0.333. The Hall–Kier alpha value is -2.61. The van der Waals surface area contributed by atoms with Gasteiger partial charge in [-0.2, -0.15) is 5.10 Å². The van der Waals surface area contributed by atoms with E-state index in [-0.39, 0.29) is 11.9 Å².